The predicted octanol–water partition coefficient (Wildman–Crippen LogP) is 3.45. The Kier molecular flexibility index (Phi) is 5.80. The van der Waals surface area contributed by atoms with Crippen LogP contribution >= 0.6 is 0 Å². The van der Waals surface area contributed by atoms with Crippen LogP contribution in [0.3, 0.4) is 0 Å². The summed E-state index contributed by atoms with van der Waals surface area (Å²) in [7, 11) is 2.11. The highest BCUT2D eigenvalue weighted by Gasteiger charge is 2.22. The molecule has 0 aliphatic heterocycles. The highest BCUT2D eigenvalue weighted by Crippen LogP contribution is 2.22. The molecule has 1 heterocycles. The average Bonchev–Trinajstić information content (AvgIpc) is 2.38. The summed E-state index contributed by atoms with van der Waals surface area (Å²) in [6.07, 6.45) is 3.08. The number of pyridine rings is 1. The van der Waals surface area contributed by atoms with Crippen molar-refractivity contribution in [3.05, 3.63) is 23.9 Å². The Morgan fingerprint density at radius 2 is 2.00 bits per heavy atom. The van der Waals surface area contributed by atoms with Gasteiger partial charge in [0.2, 0.25) is 0 Å². The van der Waals surface area contributed by atoms with E-state index in [0.717, 1.165) is 25.3 Å². The van der Waals surface area contributed by atoms with Crippen molar-refractivity contribution in [1.82, 2.24) is 10.3 Å². The van der Waals surface area contributed by atoms with Crippen LogP contribution in [-0.2, 0) is 6.54 Å². The van der Waals surface area contributed by atoms with Crippen molar-refractivity contribution >= 4 is 5.82 Å². The summed E-state index contributed by atoms with van der Waals surface area (Å²) in [5.41, 5.74) is 1.39. The van der Waals surface area contributed by atoms with Crippen molar-refractivity contribution in [2.75, 3.05) is 18.5 Å². The first kappa shape index (κ1) is 16.0. The molecule has 1 aromatic heterocycles. The lowest BCUT2D eigenvalue weighted by atomic mass is 10.00. The predicted molar refractivity (Wildman–Crippen MR) is 83.6 cm³/mol. The van der Waals surface area contributed by atoms with Crippen LogP contribution in [0.25, 0.3) is 0 Å². The normalized spacial score (nSPS) is 11.9. The van der Waals surface area contributed by atoms with Crippen LogP contribution in [0.2, 0.25) is 0 Å². The lowest BCUT2D eigenvalue weighted by Crippen LogP contribution is -2.41. The second-order valence-corrected chi connectivity index (χ2v) is 6.27. The summed E-state index contributed by atoms with van der Waals surface area (Å²) in [5, 5.41) is 3.44. The van der Waals surface area contributed by atoms with Crippen molar-refractivity contribution in [2.24, 2.45) is 5.92 Å². The van der Waals surface area contributed by atoms with Crippen molar-refractivity contribution in [2.45, 2.75) is 53.1 Å². The first-order chi connectivity index (χ1) is 8.86. The van der Waals surface area contributed by atoms with Gasteiger partial charge in [-0.25, -0.2) is 4.98 Å². The molecule has 0 saturated carbocycles. The van der Waals surface area contributed by atoms with Gasteiger partial charge >= 0.3 is 0 Å². The fraction of sp³-hybridized carbons (Fsp3) is 0.688. The zero-order valence-electron chi connectivity index (χ0n) is 13.3. The van der Waals surface area contributed by atoms with Gasteiger partial charge < -0.3 is 10.2 Å². The number of nitrogens with zero attached hydrogens (tertiary/aromatic N) is 2. The largest absolute Gasteiger partial charge is 0.355 e. The molecule has 0 atom stereocenters. The van der Waals surface area contributed by atoms with Crippen molar-refractivity contribution in [3.63, 3.8) is 0 Å². The zero-order chi connectivity index (χ0) is 14.5. The Labute approximate surface area is 118 Å². The van der Waals surface area contributed by atoms with E-state index in [-0.39, 0.29) is 5.54 Å². The molecule has 3 nitrogen and oxygen atoms in total. The van der Waals surface area contributed by atoms with Gasteiger partial charge in [0.05, 0.1) is 0 Å². The van der Waals surface area contributed by atoms with Crippen molar-refractivity contribution in [3.8, 4) is 0 Å². The molecule has 1 N–H and O–H groups in total. The Morgan fingerprint density at radius 1 is 1.32 bits per heavy atom. The summed E-state index contributed by atoms with van der Waals surface area (Å²) in [4.78, 5) is 6.82. The van der Waals surface area contributed by atoms with E-state index in [1.165, 1.54) is 5.56 Å². The van der Waals surface area contributed by atoms with E-state index in [2.05, 4.69) is 69.0 Å². The number of anilines is 1. The molecule has 0 amide bonds. The third-order valence-corrected chi connectivity index (χ3v) is 3.81. The van der Waals surface area contributed by atoms with Gasteiger partial charge in [0, 0.05) is 25.3 Å². The Bertz CT molecular complexity index is 368. The molecular weight excluding hydrogens is 234 g/mol. The van der Waals surface area contributed by atoms with Crippen LogP contribution in [0.1, 0.15) is 46.6 Å². The van der Waals surface area contributed by atoms with Crippen LogP contribution in [0, 0.1) is 5.92 Å². The third kappa shape index (κ3) is 4.83. The average molecular weight is 263 g/mol. The van der Waals surface area contributed by atoms with E-state index < -0.39 is 0 Å². The molecule has 19 heavy (non-hydrogen) atoms. The standard InChI is InChI=1S/C16H29N3/c1-7-16(4,5)19(6)15-9-8-14(12-18-15)11-17-10-13(2)3/h8-9,12-13,17H,7,10-11H2,1-6H3. The van der Waals surface area contributed by atoms with Gasteiger partial charge in [0.25, 0.3) is 0 Å². The first-order valence-electron chi connectivity index (χ1n) is 7.26. The van der Waals surface area contributed by atoms with Gasteiger partial charge in [-0.05, 0) is 44.4 Å². The number of hydrogen-bond donors (Lipinski definition) is 1. The van der Waals surface area contributed by atoms with E-state index in [4.69, 9.17) is 0 Å². The van der Waals surface area contributed by atoms with Crippen molar-refractivity contribution in [1.29, 1.82) is 0 Å². The van der Waals surface area contributed by atoms with Crippen molar-refractivity contribution < 1.29 is 0 Å². The van der Waals surface area contributed by atoms with Gasteiger partial charge in [-0.1, -0.05) is 26.8 Å². The van der Waals surface area contributed by atoms with Crippen LogP contribution in [0.15, 0.2) is 18.3 Å². The highest BCUT2D eigenvalue weighted by molar-refractivity contribution is 5.41. The molecule has 0 bridgehead atoms. The fourth-order valence-corrected chi connectivity index (χ4v) is 1.77. The van der Waals surface area contributed by atoms with Gasteiger partial charge in [-0.2, -0.15) is 0 Å². The van der Waals surface area contributed by atoms with Crippen LogP contribution in [0.5, 0.6) is 0 Å². The lowest BCUT2D eigenvalue weighted by Gasteiger charge is -2.35. The van der Waals surface area contributed by atoms with Crippen LogP contribution in [-0.4, -0.2) is 24.1 Å². The molecule has 0 fully saturated rings. The Hall–Kier alpha value is -1.09. The molecule has 0 aliphatic carbocycles. The number of nitrogens with one attached hydrogen (secondary N) is 1. The van der Waals surface area contributed by atoms with Crippen LogP contribution < -0.4 is 10.2 Å². The maximum atomic E-state index is 4.58. The van der Waals surface area contributed by atoms with Gasteiger partial charge in [-0.3, -0.25) is 0 Å². The van der Waals surface area contributed by atoms with E-state index >= 15 is 0 Å². The molecule has 0 radical (unpaired) electrons. The molecule has 0 spiro atoms. The molecule has 1 aromatic rings. The summed E-state index contributed by atoms with van der Waals surface area (Å²) in [6, 6.07) is 4.28. The third-order valence-electron chi connectivity index (χ3n) is 3.81. The smallest absolute Gasteiger partial charge is 0.128 e. The molecular formula is C16H29N3. The van der Waals surface area contributed by atoms with E-state index in [0.29, 0.717) is 5.92 Å². The number of rotatable bonds is 7. The quantitative estimate of drug-likeness (QED) is 0.816. The molecule has 0 saturated heterocycles. The fourth-order valence-electron chi connectivity index (χ4n) is 1.77. The molecule has 108 valence electrons. The van der Waals surface area contributed by atoms with Gasteiger partial charge in [0.15, 0.2) is 0 Å². The minimum Gasteiger partial charge on any atom is -0.355 e. The molecule has 1 rings (SSSR count). The van der Waals surface area contributed by atoms with Gasteiger partial charge in [-0.15, -0.1) is 0 Å². The molecule has 3 heteroatoms. The first-order valence-corrected chi connectivity index (χ1v) is 7.26. The molecule has 0 aliphatic rings. The minimum atomic E-state index is 0.143. The SMILES string of the molecule is CCC(C)(C)N(C)c1ccc(CNCC(C)C)cn1. The highest BCUT2D eigenvalue weighted by atomic mass is 15.2. The molecule has 0 unspecified atom stereocenters. The topological polar surface area (TPSA) is 28.2 Å². The van der Waals surface area contributed by atoms with E-state index in [1.807, 2.05) is 6.20 Å². The summed E-state index contributed by atoms with van der Waals surface area (Å²) in [6.45, 7) is 13.1. The second kappa shape index (κ2) is 6.90. The maximum absolute atomic E-state index is 4.58. The minimum absolute atomic E-state index is 0.143. The monoisotopic (exact) mass is 263 g/mol. The summed E-state index contributed by atoms with van der Waals surface area (Å²) in [5.74, 6) is 1.73. The lowest BCUT2D eigenvalue weighted by molar-refractivity contribution is 0.467. The number of hydrogen-bond acceptors (Lipinski definition) is 3. The number of aromatic nitrogens is 1. The Morgan fingerprint density at radius 3 is 2.47 bits per heavy atom. The van der Waals surface area contributed by atoms with E-state index in [1.54, 1.807) is 0 Å². The van der Waals surface area contributed by atoms with E-state index in [9.17, 15) is 0 Å². The second-order valence-electron chi connectivity index (χ2n) is 6.27. The maximum Gasteiger partial charge on any atom is 0.128 e. The van der Waals surface area contributed by atoms with Crippen LogP contribution in [0.4, 0.5) is 5.82 Å². The van der Waals surface area contributed by atoms with Gasteiger partial charge in [0.1, 0.15) is 5.82 Å². The summed E-state index contributed by atoms with van der Waals surface area (Å²) < 4.78 is 0. The Balaban J connectivity index is 2.61. The zero-order valence-corrected chi connectivity index (χ0v) is 13.3. The molecule has 0 aromatic carbocycles. The summed E-state index contributed by atoms with van der Waals surface area (Å²) >= 11 is 0.